The van der Waals surface area contributed by atoms with Crippen LogP contribution in [0.2, 0.25) is 0 Å². The van der Waals surface area contributed by atoms with Crippen molar-refractivity contribution in [2.24, 2.45) is 11.7 Å². The monoisotopic (exact) mass is 540 g/mol. The number of hydrogen-bond donors (Lipinski definition) is 7. The van der Waals surface area contributed by atoms with E-state index in [1.807, 2.05) is 0 Å². The summed E-state index contributed by atoms with van der Waals surface area (Å²) in [6.07, 6.45) is 1.80. The highest BCUT2D eigenvalue weighted by Gasteiger charge is 2.32. The first-order valence-corrected chi connectivity index (χ1v) is 13.2. The Morgan fingerprint density at radius 3 is 2.05 bits per heavy atom. The van der Waals surface area contributed by atoms with Crippen molar-refractivity contribution >= 4 is 41.4 Å². The van der Waals surface area contributed by atoms with Crippen LogP contribution in [0.3, 0.4) is 0 Å². The normalized spacial score (nSPS) is 14.9. The van der Waals surface area contributed by atoms with E-state index in [0.29, 0.717) is 17.7 Å². The third kappa shape index (κ3) is 11.1. The first-order valence-electron chi connectivity index (χ1n) is 11.8. The SMILES string of the molecule is CCC(C)C(NC(=O)C(N)CC(=O)O)C(=O)NC(Cc1ccc(O)cc1)C(=O)NC(CCSC)C(=O)O. The van der Waals surface area contributed by atoms with Gasteiger partial charge in [-0.1, -0.05) is 32.4 Å². The van der Waals surface area contributed by atoms with Gasteiger partial charge in [0.05, 0.1) is 12.5 Å². The number of thioether (sulfide) groups is 1. The van der Waals surface area contributed by atoms with E-state index in [-0.39, 0.29) is 18.6 Å². The largest absolute Gasteiger partial charge is 0.508 e. The Balaban J connectivity index is 3.17. The topological polar surface area (TPSA) is 208 Å². The number of hydrogen-bond acceptors (Lipinski definition) is 8. The van der Waals surface area contributed by atoms with E-state index < -0.39 is 66.2 Å². The smallest absolute Gasteiger partial charge is 0.326 e. The summed E-state index contributed by atoms with van der Waals surface area (Å²) in [7, 11) is 0. The first kappa shape index (κ1) is 31.7. The molecule has 0 aliphatic rings. The molecule has 1 rings (SSSR count). The Kier molecular flexibility index (Phi) is 13.5. The third-order valence-corrected chi connectivity index (χ3v) is 6.40. The summed E-state index contributed by atoms with van der Waals surface area (Å²) in [6, 6.07) is 1.07. The molecule has 0 aliphatic heterocycles. The van der Waals surface area contributed by atoms with Gasteiger partial charge in [-0.2, -0.15) is 11.8 Å². The molecular formula is C24H36N4O8S. The molecule has 206 valence electrons. The number of aliphatic carboxylic acids is 2. The molecule has 1 aromatic carbocycles. The quantitative estimate of drug-likeness (QED) is 0.150. The number of carboxylic acid groups (broad SMARTS) is 2. The van der Waals surface area contributed by atoms with Gasteiger partial charge in [0.15, 0.2) is 0 Å². The van der Waals surface area contributed by atoms with Crippen LogP contribution < -0.4 is 21.7 Å². The summed E-state index contributed by atoms with van der Waals surface area (Å²) in [4.78, 5) is 61.3. The van der Waals surface area contributed by atoms with Crippen molar-refractivity contribution in [3.63, 3.8) is 0 Å². The summed E-state index contributed by atoms with van der Waals surface area (Å²) in [6.45, 7) is 3.49. The van der Waals surface area contributed by atoms with Crippen LogP contribution in [-0.4, -0.2) is 81.2 Å². The van der Waals surface area contributed by atoms with E-state index in [4.69, 9.17) is 10.8 Å². The van der Waals surface area contributed by atoms with Gasteiger partial charge in [0.25, 0.3) is 0 Å². The number of phenols is 1. The van der Waals surface area contributed by atoms with Crippen molar-refractivity contribution in [2.45, 2.75) is 63.7 Å². The van der Waals surface area contributed by atoms with Gasteiger partial charge in [0, 0.05) is 6.42 Å². The zero-order chi connectivity index (χ0) is 28.1. The van der Waals surface area contributed by atoms with Gasteiger partial charge in [-0.3, -0.25) is 19.2 Å². The molecule has 12 nitrogen and oxygen atoms in total. The number of phenolic OH excluding ortho intramolecular Hbond substituents is 1. The molecule has 1 aromatic rings. The summed E-state index contributed by atoms with van der Waals surface area (Å²) >= 11 is 1.42. The molecule has 3 amide bonds. The maximum Gasteiger partial charge on any atom is 0.326 e. The molecule has 0 aliphatic carbocycles. The van der Waals surface area contributed by atoms with Gasteiger partial charge in [-0.05, 0) is 42.0 Å². The fourth-order valence-electron chi connectivity index (χ4n) is 3.35. The summed E-state index contributed by atoms with van der Waals surface area (Å²) in [5, 5.41) is 35.5. The summed E-state index contributed by atoms with van der Waals surface area (Å²) in [5.41, 5.74) is 6.21. The predicted molar refractivity (Wildman–Crippen MR) is 138 cm³/mol. The van der Waals surface area contributed by atoms with E-state index >= 15 is 0 Å². The zero-order valence-corrected chi connectivity index (χ0v) is 21.9. The minimum atomic E-state index is -1.37. The van der Waals surface area contributed by atoms with Gasteiger partial charge < -0.3 is 37.0 Å². The molecular weight excluding hydrogens is 504 g/mol. The number of nitrogens with two attached hydrogens (primary N) is 1. The Hall–Kier alpha value is -3.32. The third-order valence-electron chi connectivity index (χ3n) is 5.76. The van der Waals surface area contributed by atoms with Crippen molar-refractivity contribution in [2.75, 3.05) is 12.0 Å². The van der Waals surface area contributed by atoms with Crippen molar-refractivity contribution < 1.29 is 39.3 Å². The number of carbonyl (C=O) groups excluding carboxylic acids is 3. The summed E-state index contributed by atoms with van der Waals surface area (Å²) in [5.74, 6) is -4.65. The molecule has 8 N–H and O–H groups in total. The van der Waals surface area contributed by atoms with Crippen molar-refractivity contribution in [3.8, 4) is 5.75 Å². The van der Waals surface area contributed by atoms with Gasteiger partial charge in [0.1, 0.15) is 23.9 Å². The van der Waals surface area contributed by atoms with Crippen LogP contribution in [0.5, 0.6) is 5.75 Å². The van der Waals surface area contributed by atoms with E-state index in [1.165, 1.54) is 23.9 Å². The molecule has 5 atom stereocenters. The van der Waals surface area contributed by atoms with Gasteiger partial charge in [-0.15, -0.1) is 0 Å². The lowest BCUT2D eigenvalue weighted by Crippen LogP contribution is -2.59. The number of carbonyl (C=O) groups is 5. The van der Waals surface area contributed by atoms with Crippen LogP contribution in [0.4, 0.5) is 0 Å². The fourth-order valence-corrected chi connectivity index (χ4v) is 3.82. The molecule has 0 spiro atoms. The van der Waals surface area contributed by atoms with Gasteiger partial charge >= 0.3 is 11.9 Å². The average molecular weight is 541 g/mol. The molecule has 0 aromatic heterocycles. The molecule has 37 heavy (non-hydrogen) atoms. The minimum Gasteiger partial charge on any atom is -0.508 e. The number of amides is 3. The Morgan fingerprint density at radius 2 is 1.54 bits per heavy atom. The van der Waals surface area contributed by atoms with Crippen LogP contribution in [0, 0.1) is 5.92 Å². The maximum absolute atomic E-state index is 13.3. The summed E-state index contributed by atoms with van der Waals surface area (Å²) < 4.78 is 0. The Labute approximate surface area is 219 Å². The Morgan fingerprint density at radius 1 is 0.946 bits per heavy atom. The van der Waals surface area contributed by atoms with Gasteiger partial charge in [-0.25, -0.2) is 4.79 Å². The molecule has 0 fully saturated rings. The lowest BCUT2D eigenvalue weighted by Gasteiger charge is -2.28. The molecule has 0 radical (unpaired) electrons. The standard InChI is InChI=1S/C24H36N4O8S/c1-4-13(2)20(28-21(32)16(25)12-19(30)31)23(34)27-18(11-14-5-7-15(29)8-6-14)22(33)26-17(24(35)36)9-10-37-3/h5-8,13,16-18,20,29H,4,9-12,25H2,1-3H3,(H,26,33)(H,27,34)(H,28,32)(H,30,31)(H,35,36). The highest BCUT2D eigenvalue weighted by Crippen LogP contribution is 2.14. The number of carboxylic acids is 2. The van der Waals surface area contributed by atoms with E-state index in [2.05, 4.69) is 16.0 Å². The second kappa shape index (κ2) is 15.7. The lowest BCUT2D eigenvalue weighted by atomic mass is 9.96. The fraction of sp³-hybridized carbons (Fsp3) is 0.542. The van der Waals surface area contributed by atoms with Crippen molar-refractivity contribution in [1.29, 1.82) is 0 Å². The molecule has 0 heterocycles. The Bertz CT molecular complexity index is 943. The molecule has 0 saturated carbocycles. The second-order valence-corrected chi connectivity index (χ2v) is 9.67. The van der Waals surface area contributed by atoms with Crippen LogP contribution in [0.25, 0.3) is 0 Å². The van der Waals surface area contributed by atoms with Crippen LogP contribution >= 0.6 is 11.8 Å². The molecule has 0 saturated heterocycles. The van der Waals surface area contributed by atoms with E-state index in [9.17, 15) is 34.2 Å². The minimum absolute atomic E-state index is 0.00837. The molecule has 13 heteroatoms. The number of rotatable bonds is 16. The van der Waals surface area contributed by atoms with E-state index in [0.717, 1.165) is 0 Å². The van der Waals surface area contributed by atoms with Crippen LogP contribution in [-0.2, 0) is 30.4 Å². The number of aromatic hydroxyl groups is 1. The maximum atomic E-state index is 13.3. The van der Waals surface area contributed by atoms with Crippen molar-refractivity contribution in [3.05, 3.63) is 29.8 Å². The highest BCUT2D eigenvalue weighted by molar-refractivity contribution is 7.98. The number of benzene rings is 1. The van der Waals surface area contributed by atoms with Gasteiger partial charge in [0.2, 0.25) is 17.7 Å². The van der Waals surface area contributed by atoms with Crippen LogP contribution in [0.1, 0.15) is 38.7 Å². The lowest BCUT2D eigenvalue weighted by molar-refractivity contribution is -0.142. The zero-order valence-electron chi connectivity index (χ0n) is 21.1. The van der Waals surface area contributed by atoms with E-state index in [1.54, 1.807) is 32.2 Å². The highest BCUT2D eigenvalue weighted by atomic mass is 32.2. The number of nitrogens with one attached hydrogen (secondary N) is 3. The van der Waals surface area contributed by atoms with Crippen LogP contribution in [0.15, 0.2) is 24.3 Å². The molecule has 5 unspecified atom stereocenters. The first-order chi connectivity index (χ1) is 17.4. The second-order valence-electron chi connectivity index (χ2n) is 8.69. The molecule has 0 bridgehead atoms. The average Bonchev–Trinajstić information content (AvgIpc) is 2.84. The predicted octanol–water partition coefficient (Wildman–Crippen LogP) is 0.0749. The van der Waals surface area contributed by atoms with Crippen molar-refractivity contribution in [1.82, 2.24) is 16.0 Å².